The van der Waals surface area contributed by atoms with Gasteiger partial charge in [-0.3, -0.25) is 0 Å². The minimum Gasteiger partial charge on any atom is -0.423 e. The van der Waals surface area contributed by atoms with E-state index < -0.39 is 7.12 Å². The van der Waals surface area contributed by atoms with Crippen molar-refractivity contribution in [2.45, 2.75) is 15.7 Å². The molecular formula is C11H9BO2S2. The molecule has 0 aliphatic carbocycles. The molecule has 2 nitrogen and oxygen atoms in total. The number of benzene rings is 1. The van der Waals surface area contributed by atoms with Gasteiger partial charge < -0.3 is 9.68 Å². The molecule has 0 spiro atoms. The number of hydrogen-bond donors (Lipinski definition) is 1. The zero-order valence-corrected chi connectivity index (χ0v) is 10.1. The molecule has 1 N–H and O–H groups in total. The molecule has 0 fully saturated rings. The minimum atomic E-state index is -0.751. The van der Waals surface area contributed by atoms with Crippen molar-refractivity contribution in [1.82, 2.24) is 0 Å². The third kappa shape index (κ3) is 1.91. The predicted molar refractivity (Wildman–Crippen MR) is 67.3 cm³/mol. The van der Waals surface area contributed by atoms with E-state index in [4.69, 9.17) is 4.65 Å². The van der Waals surface area contributed by atoms with E-state index in [1.165, 1.54) is 4.21 Å². The Hall–Kier alpha value is -0.745. The van der Waals surface area contributed by atoms with Crippen LogP contribution in [0.25, 0.3) is 0 Å². The first-order chi connectivity index (χ1) is 7.83. The minimum absolute atomic E-state index is 0.514. The topological polar surface area (TPSA) is 29.5 Å². The van der Waals surface area contributed by atoms with Gasteiger partial charge in [-0.05, 0) is 34.6 Å². The molecule has 1 aromatic carbocycles. The SMILES string of the molecule is OB1OCc2ccc(Sc3cccs3)cc21. The van der Waals surface area contributed by atoms with Gasteiger partial charge in [0, 0.05) is 4.90 Å². The zero-order valence-electron chi connectivity index (χ0n) is 8.42. The van der Waals surface area contributed by atoms with Gasteiger partial charge >= 0.3 is 7.12 Å². The Bertz CT molecular complexity index is 499. The Kier molecular flexibility index (Phi) is 2.77. The van der Waals surface area contributed by atoms with Crippen LogP contribution in [0.2, 0.25) is 0 Å². The van der Waals surface area contributed by atoms with Crippen LogP contribution in [0.5, 0.6) is 0 Å². The van der Waals surface area contributed by atoms with E-state index in [0.717, 1.165) is 15.9 Å². The molecule has 0 radical (unpaired) electrons. The second-order valence-corrected chi connectivity index (χ2v) is 5.88. The summed E-state index contributed by atoms with van der Waals surface area (Å²) in [6.07, 6.45) is 0. The van der Waals surface area contributed by atoms with Crippen molar-refractivity contribution < 1.29 is 9.68 Å². The van der Waals surface area contributed by atoms with Gasteiger partial charge in [0.15, 0.2) is 0 Å². The Morgan fingerprint density at radius 2 is 2.31 bits per heavy atom. The molecule has 2 heterocycles. The van der Waals surface area contributed by atoms with Crippen LogP contribution in [0.4, 0.5) is 0 Å². The molecule has 1 aliphatic heterocycles. The fourth-order valence-electron chi connectivity index (χ4n) is 1.69. The average molecular weight is 248 g/mol. The standard InChI is InChI=1S/C11H9BO2S2/c13-12-10-6-9(4-3-8(10)7-14-12)16-11-2-1-5-15-11/h1-6,13H,7H2. The summed E-state index contributed by atoms with van der Waals surface area (Å²) in [5.41, 5.74) is 1.99. The van der Waals surface area contributed by atoms with E-state index in [9.17, 15) is 5.02 Å². The third-order valence-corrected chi connectivity index (χ3v) is 4.52. The number of thiophene rings is 1. The summed E-state index contributed by atoms with van der Waals surface area (Å²) < 4.78 is 6.42. The molecule has 0 atom stereocenters. The first-order valence-electron chi connectivity index (χ1n) is 4.97. The second kappa shape index (κ2) is 4.26. The molecule has 0 amide bonds. The van der Waals surface area contributed by atoms with E-state index in [1.54, 1.807) is 23.1 Å². The lowest BCUT2D eigenvalue weighted by Crippen LogP contribution is -2.27. The monoisotopic (exact) mass is 248 g/mol. The molecule has 3 rings (SSSR count). The summed E-state index contributed by atoms with van der Waals surface area (Å²) in [6.45, 7) is 0.514. The first kappa shape index (κ1) is 10.4. The highest BCUT2D eigenvalue weighted by Gasteiger charge is 2.27. The maximum atomic E-state index is 9.60. The van der Waals surface area contributed by atoms with Crippen LogP contribution in [0.1, 0.15) is 5.56 Å². The van der Waals surface area contributed by atoms with Crippen molar-refractivity contribution in [1.29, 1.82) is 0 Å². The fourth-order valence-corrected chi connectivity index (χ4v) is 3.49. The van der Waals surface area contributed by atoms with E-state index in [2.05, 4.69) is 17.5 Å². The average Bonchev–Trinajstić information content (AvgIpc) is 2.90. The molecule has 1 aliphatic rings. The quantitative estimate of drug-likeness (QED) is 0.825. The molecule has 0 saturated carbocycles. The summed E-state index contributed by atoms with van der Waals surface area (Å²) in [6, 6.07) is 10.2. The van der Waals surface area contributed by atoms with Crippen LogP contribution >= 0.6 is 23.1 Å². The van der Waals surface area contributed by atoms with Crippen LogP contribution < -0.4 is 5.46 Å². The second-order valence-electron chi connectivity index (χ2n) is 3.56. The molecule has 80 valence electrons. The van der Waals surface area contributed by atoms with Gasteiger partial charge in [-0.1, -0.05) is 23.9 Å². The number of rotatable bonds is 2. The molecule has 0 bridgehead atoms. The third-order valence-electron chi connectivity index (χ3n) is 2.49. The van der Waals surface area contributed by atoms with Crippen molar-refractivity contribution in [3.05, 3.63) is 41.3 Å². The van der Waals surface area contributed by atoms with Crippen LogP contribution in [0.15, 0.2) is 44.8 Å². The van der Waals surface area contributed by atoms with Gasteiger partial charge in [0.1, 0.15) is 0 Å². The smallest absolute Gasteiger partial charge is 0.423 e. The number of hydrogen-bond acceptors (Lipinski definition) is 4. The molecule has 16 heavy (non-hydrogen) atoms. The highest BCUT2D eigenvalue weighted by molar-refractivity contribution is 8.01. The Balaban J connectivity index is 1.89. The normalized spacial score (nSPS) is 14.2. The Labute approximate surface area is 102 Å². The molecular weight excluding hydrogens is 239 g/mol. The van der Waals surface area contributed by atoms with Crippen molar-refractivity contribution >= 4 is 35.7 Å². The highest BCUT2D eigenvalue weighted by Crippen LogP contribution is 2.31. The van der Waals surface area contributed by atoms with Gasteiger partial charge in [0.2, 0.25) is 0 Å². The van der Waals surface area contributed by atoms with Crippen LogP contribution in [-0.2, 0) is 11.3 Å². The fraction of sp³-hybridized carbons (Fsp3) is 0.0909. The van der Waals surface area contributed by atoms with E-state index in [0.29, 0.717) is 6.61 Å². The maximum absolute atomic E-state index is 9.60. The lowest BCUT2D eigenvalue weighted by molar-refractivity contribution is 0.275. The van der Waals surface area contributed by atoms with Gasteiger partial charge in [0.05, 0.1) is 10.8 Å². The zero-order chi connectivity index (χ0) is 11.0. The molecule has 0 saturated heterocycles. The molecule has 2 aromatic rings. The molecule has 5 heteroatoms. The van der Waals surface area contributed by atoms with Gasteiger partial charge in [-0.15, -0.1) is 11.3 Å². The van der Waals surface area contributed by atoms with E-state index >= 15 is 0 Å². The predicted octanol–water partition coefficient (Wildman–Crippen LogP) is 2.12. The van der Waals surface area contributed by atoms with Crippen molar-refractivity contribution in [3.63, 3.8) is 0 Å². The van der Waals surface area contributed by atoms with Crippen molar-refractivity contribution in [3.8, 4) is 0 Å². The highest BCUT2D eigenvalue weighted by atomic mass is 32.2. The van der Waals surface area contributed by atoms with E-state index in [1.807, 2.05) is 18.2 Å². The van der Waals surface area contributed by atoms with Crippen LogP contribution in [0.3, 0.4) is 0 Å². The lowest BCUT2D eigenvalue weighted by atomic mass is 9.80. The Morgan fingerprint density at radius 3 is 3.12 bits per heavy atom. The molecule has 0 unspecified atom stereocenters. The number of fused-ring (bicyclic) bond motifs is 1. The van der Waals surface area contributed by atoms with Gasteiger partial charge in [-0.2, -0.15) is 0 Å². The largest absolute Gasteiger partial charge is 0.491 e. The van der Waals surface area contributed by atoms with Crippen LogP contribution in [-0.4, -0.2) is 12.1 Å². The lowest BCUT2D eigenvalue weighted by Gasteiger charge is -2.02. The Morgan fingerprint density at radius 1 is 1.38 bits per heavy atom. The summed E-state index contributed by atoms with van der Waals surface area (Å²) in [5, 5.41) is 11.7. The maximum Gasteiger partial charge on any atom is 0.491 e. The summed E-state index contributed by atoms with van der Waals surface area (Å²) in [7, 11) is -0.751. The first-order valence-corrected chi connectivity index (χ1v) is 6.66. The summed E-state index contributed by atoms with van der Waals surface area (Å²) in [5.74, 6) is 0. The summed E-state index contributed by atoms with van der Waals surface area (Å²) in [4.78, 5) is 1.14. The van der Waals surface area contributed by atoms with Crippen molar-refractivity contribution in [2.75, 3.05) is 0 Å². The van der Waals surface area contributed by atoms with Gasteiger partial charge in [0.25, 0.3) is 0 Å². The van der Waals surface area contributed by atoms with Gasteiger partial charge in [-0.25, -0.2) is 0 Å². The van der Waals surface area contributed by atoms with Crippen molar-refractivity contribution in [2.24, 2.45) is 0 Å². The van der Waals surface area contributed by atoms with Crippen LogP contribution in [0, 0.1) is 0 Å². The summed E-state index contributed by atoms with van der Waals surface area (Å²) >= 11 is 3.44. The molecule has 1 aromatic heterocycles. The van der Waals surface area contributed by atoms with E-state index in [-0.39, 0.29) is 0 Å².